The van der Waals surface area contributed by atoms with Gasteiger partial charge in [-0.15, -0.1) is 0 Å². The molecule has 2 aliphatic carbocycles. The topological polar surface area (TPSA) is 32.3 Å². The average Bonchev–Trinajstić information content (AvgIpc) is 3.37. The molecule has 2 saturated carbocycles. The Balaban J connectivity index is 1.43. The van der Waals surface area contributed by atoms with Crippen molar-refractivity contribution in [2.45, 2.75) is 57.3 Å². The van der Waals surface area contributed by atoms with Gasteiger partial charge in [0.1, 0.15) is 0 Å². The van der Waals surface area contributed by atoms with Crippen molar-refractivity contribution in [3.63, 3.8) is 0 Å². The molecular weight excluding hydrogens is 356 g/mol. The van der Waals surface area contributed by atoms with Crippen LogP contribution in [0.2, 0.25) is 0 Å². The van der Waals surface area contributed by atoms with Crippen LogP contribution in [0.4, 0.5) is 11.4 Å². The lowest BCUT2D eigenvalue weighted by molar-refractivity contribution is 0.102. The first-order valence-corrected chi connectivity index (χ1v) is 11.5. The summed E-state index contributed by atoms with van der Waals surface area (Å²) in [7, 11) is 0. The Kier molecular flexibility index (Phi) is 4.01. The van der Waals surface area contributed by atoms with Gasteiger partial charge in [-0.25, -0.2) is 0 Å². The summed E-state index contributed by atoms with van der Waals surface area (Å²) in [5.74, 6) is 3.00. The third-order valence-electron chi connectivity index (χ3n) is 8.16. The SMILES string of the molecule is Cc1ccccc1C(=O)Nc1cc2c3c(c1)C1CCCC1CN3CC1CCCC21. The van der Waals surface area contributed by atoms with Crippen molar-refractivity contribution in [1.82, 2.24) is 0 Å². The van der Waals surface area contributed by atoms with E-state index in [-0.39, 0.29) is 5.91 Å². The second-order valence-electron chi connectivity index (χ2n) is 9.77. The van der Waals surface area contributed by atoms with Gasteiger partial charge in [0.2, 0.25) is 0 Å². The largest absolute Gasteiger partial charge is 0.370 e. The van der Waals surface area contributed by atoms with Crippen LogP contribution in [0.3, 0.4) is 0 Å². The molecule has 0 spiro atoms. The molecule has 0 bridgehead atoms. The number of amides is 1. The van der Waals surface area contributed by atoms with Gasteiger partial charge in [-0.2, -0.15) is 0 Å². The van der Waals surface area contributed by atoms with E-state index in [0.29, 0.717) is 11.8 Å². The molecule has 1 amide bonds. The van der Waals surface area contributed by atoms with Crippen molar-refractivity contribution in [3.05, 3.63) is 58.7 Å². The zero-order valence-corrected chi connectivity index (χ0v) is 17.3. The van der Waals surface area contributed by atoms with Crippen molar-refractivity contribution in [2.75, 3.05) is 23.3 Å². The Labute approximate surface area is 173 Å². The number of aryl methyl sites for hydroxylation is 1. The zero-order valence-electron chi connectivity index (χ0n) is 17.3. The summed E-state index contributed by atoms with van der Waals surface area (Å²) in [5, 5.41) is 3.27. The van der Waals surface area contributed by atoms with Crippen molar-refractivity contribution in [1.29, 1.82) is 0 Å². The minimum absolute atomic E-state index is 0.0182. The van der Waals surface area contributed by atoms with Crippen molar-refractivity contribution in [2.24, 2.45) is 11.8 Å². The number of carbonyl (C=O) groups is 1. The number of fused-ring (bicyclic) bond motifs is 4. The molecule has 2 heterocycles. The monoisotopic (exact) mass is 386 g/mol. The number of nitrogens with zero attached hydrogens (tertiary/aromatic N) is 1. The highest BCUT2D eigenvalue weighted by Crippen LogP contribution is 2.56. The fourth-order valence-corrected chi connectivity index (χ4v) is 6.86. The molecule has 2 fully saturated rings. The van der Waals surface area contributed by atoms with Crippen molar-refractivity contribution < 1.29 is 4.79 Å². The molecule has 1 N–H and O–H groups in total. The Morgan fingerprint density at radius 2 is 1.55 bits per heavy atom. The average molecular weight is 387 g/mol. The second-order valence-corrected chi connectivity index (χ2v) is 9.77. The molecule has 2 aliphatic heterocycles. The predicted molar refractivity (Wildman–Crippen MR) is 118 cm³/mol. The maximum atomic E-state index is 13.0. The van der Waals surface area contributed by atoms with Gasteiger partial charge in [0.15, 0.2) is 0 Å². The lowest BCUT2D eigenvalue weighted by Crippen LogP contribution is -2.43. The molecule has 150 valence electrons. The lowest BCUT2D eigenvalue weighted by Gasteiger charge is -2.46. The van der Waals surface area contributed by atoms with Crippen LogP contribution in [0.5, 0.6) is 0 Å². The first-order chi connectivity index (χ1) is 14.2. The highest BCUT2D eigenvalue weighted by Gasteiger charge is 2.44. The maximum absolute atomic E-state index is 13.0. The maximum Gasteiger partial charge on any atom is 0.255 e. The molecule has 3 heteroatoms. The van der Waals surface area contributed by atoms with Crippen LogP contribution in [0.15, 0.2) is 36.4 Å². The smallest absolute Gasteiger partial charge is 0.255 e. The van der Waals surface area contributed by atoms with Gasteiger partial charge in [0, 0.05) is 30.0 Å². The molecule has 4 atom stereocenters. The van der Waals surface area contributed by atoms with Crippen LogP contribution in [0, 0.1) is 18.8 Å². The van der Waals surface area contributed by atoms with E-state index in [1.165, 1.54) is 62.7 Å². The molecule has 0 aromatic heterocycles. The van der Waals surface area contributed by atoms with Gasteiger partial charge in [0.25, 0.3) is 5.91 Å². The lowest BCUT2D eigenvalue weighted by atomic mass is 9.75. The molecule has 29 heavy (non-hydrogen) atoms. The third-order valence-corrected chi connectivity index (χ3v) is 8.16. The van der Waals surface area contributed by atoms with Gasteiger partial charge in [-0.1, -0.05) is 31.0 Å². The van der Waals surface area contributed by atoms with Crippen molar-refractivity contribution in [3.8, 4) is 0 Å². The molecule has 2 aromatic carbocycles. The molecule has 0 saturated heterocycles. The quantitative estimate of drug-likeness (QED) is 0.702. The van der Waals surface area contributed by atoms with Crippen LogP contribution in [0.1, 0.15) is 77.4 Å². The van der Waals surface area contributed by atoms with E-state index in [0.717, 1.165) is 28.7 Å². The highest BCUT2D eigenvalue weighted by molar-refractivity contribution is 6.05. The van der Waals surface area contributed by atoms with Gasteiger partial charge in [-0.05, 0) is 91.2 Å². The first kappa shape index (κ1) is 17.6. The van der Waals surface area contributed by atoms with E-state index in [2.05, 4.69) is 22.3 Å². The zero-order chi connectivity index (χ0) is 19.5. The normalized spacial score (nSPS) is 29.2. The van der Waals surface area contributed by atoms with E-state index in [4.69, 9.17) is 0 Å². The predicted octanol–water partition coefficient (Wildman–Crippen LogP) is 5.85. The minimum atomic E-state index is 0.0182. The molecule has 3 nitrogen and oxygen atoms in total. The molecule has 4 unspecified atom stereocenters. The molecule has 2 aromatic rings. The number of benzene rings is 2. The summed E-state index contributed by atoms with van der Waals surface area (Å²) < 4.78 is 0. The van der Waals surface area contributed by atoms with Crippen molar-refractivity contribution >= 4 is 17.3 Å². The number of anilines is 2. The number of rotatable bonds is 2. The van der Waals surface area contributed by atoms with Crippen LogP contribution in [-0.2, 0) is 0 Å². The number of carbonyl (C=O) groups excluding carboxylic acids is 1. The Morgan fingerprint density at radius 1 is 0.931 bits per heavy atom. The summed E-state index contributed by atoms with van der Waals surface area (Å²) in [5.41, 5.74) is 7.42. The van der Waals surface area contributed by atoms with Crippen LogP contribution < -0.4 is 10.2 Å². The van der Waals surface area contributed by atoms with Crippen LogP contribution in [0.25, 0.3) is 0 Å². The van der Waals surface area contributed by atoms with E-state index in [9.17, 15) is 4.79 Å². The Hall–Kier alpha value is -2.29. The minimum Gasteiger partial charge on any atom is -0.370 e. The summed E-state index contributed by atoms with van der Waals surface area (Å²) in [6.07, 6.45) is 8.06. The second kappa shape index (κ2) is 6.62. The third kappa shape index (κ3) is 2.73. The Morgan fingerprint density at radius 3 is 2.17 bits per heavy atom. The summed E-state index contributed by atoms with van der Waals surface area (Å²) >= 11 is 0. The molecule has 6 rings (SSSR count). The summed E-state index contributed by atoms with van der Waals surface area (Å²) in [6.45, 7) is 4.52. The van der Waals surface area contributed by atoms with Gasteiger partial charge >= 0.3 is 0 Å². The number of hydrogen-bond donors (Lipinski definition) is 1. The Bertz CT molecular complexity index is 935. The van der Waals surface area contributed by atoms with E-state index in [1.807, 2.05) is 31.2 Å². The van der Waals surface area contributed by atoms with E-state index < -0.39 is 0 Å². The van der Waals surface area contributed by atoms with E-state index in [1.54, 1.807) is 5.69 Å². The standard InChI is InChI=1S/C26H30N2O/c1-16-6-2-3-9-20(16)26(29)27-19-12-23-21-10-4-7-17(21)14-28-15-18-8-5-11-22(18)24(13-19)25(23)28/h2-3,6,9,12-13,17-18,21-22H,4-5,7-8,10-11,14-15H2,1H3,(H,27,29). The van der Waals surface area contributed by atoms with E-state index >= 15 is 0 Å². The van der Waals surface area contributed by atoms with Crippen LogP contribution >= 0.6 is 0 Å². The van der Waals surface area contributed by atoms with Gasteiger partial charge in [-0.3, -0.25) is 4.79 Å². The number of nitrogens with one attached hydrogen (secondary N) is 1. The van der Waals surface area contributed by atoms with Gasteiger partial charge in [0.05, 0.1) is 0 Å². The number of hydrogen-bond acceptors (Lipinski definition) is 2. The van der Waals surface area contributed by atoms with Gasteiger partial charge < -0.3 is 10.2 Å². The fraction of sp³-hybridized carbons (Fsp3) is 0.500. The summed E-state index contributed by atoms with van der Waals surface area (Å²) in [6, 6.07) is 12.5. The molecular formula is C26H30N2O. The fourth-order valence-electron chi connectivity index (χ4n) is 6.86. The van der Waals surface area contributed by atoms with Crippen LogP contribution in [-0.4, -0.2) is 19.0 Å². The summed E-state index contributed by atoms with van der Waals surface area (Å²) in [4.78, 5) is 15.7. The molecule has 0 radical (unpaired) electrons. The highest BCUT2D eigenvalue weighted by atomic mass is 16.1. The first-order valence-electron chi connectivity index (χ1n) is 11.5. The molecule has 4 aliphatic rings.